The van der Waals surface area contributed by atoms with Crippen molar-refractivity contribution in [3.8, 4) is 0 Å². The van der Waals surface area contributed by atoms with Crippen LogP contribution in [0.5, 0.6) is 0 Å². The maximum atomic E-state index is 14.1. The first kappa shape index (κ1) is 20.4. The molecule has 8 heteroatoms. The van der Waals surface area contributed by atoms with Crippen molar-refractivity contribution in [2.75, 3.05) is 24.5 Å². The molecule has 2 aliphatic heterocycles. The number of aromatic nitrogens is 1. The molecule has 0 saturated carbocycles. The van der Waals surface area contributed by atoms with Gasteiger partial charge in [-0.25, -0.2) is 13.2 Å². The molecule has 164 valence electrons. The SMILES string of the molecule is O=C(C1CC(=O)N(c2ccc(F)cc2F)C1)N1CC=C(c2c[nH]c3cc(F)ccc23)CC1. The smallest absolute Gasteiger partial charge is 0.228 e. The predicted octanol–water partition coefficient (Wildman–Crippen LogP) is 4.25. The highest BCUT2D eigenvalue weighted by Crippen LogP contribution is 2.32. The fourth-order valence-electron chi connectivity index (χ4n) is 4.54. The zero-order valence-corrected chi connectivity index (χ0v) is 17.1. The van der Waals surface area contributed by atoms with E-state index in [1.54, 1.807) is 11.0 Å². The minimum Gasteiger partial charge on any atom is -0.360 e. The third kappa shape index (κ3) is 3.55. The predicted molar refractivity (Wildman–Crippen MR) is 114 cm³/mol. The van der Waals surface area contributed by atoms with Crippen molar-refractivity contribution in [1.82, 2.24) is 9.88 Å². The molecule has 1 fully saturated rings. The molecule has 1 atom stereocenters. The second-order valence-electron chi connectivity index (χ2n) is 8.16. The number of H-pyrrole nitrogens is 1. The number of nitrogens with zero attached hydrogens (tertiary/aromatic N) is 2. The molecule has 5 nitrogen and oxygen atoms in total. The lowest BCUT2D eigenvalue weighted by Gasteiger charge is -2.28. The van der Waals surface area contributed by atoms with E-state index in [4.69, 9.17) is 0 Å². The van der Waals surface area contributed by atoms with Crippen LogP contribution in [0.3, 0.4) is 0 Å². The molecule has 2 amide bonds. The van der Waals surface area contributed by atoms with Crippen molar-refractivity contribution < 1.29 is 22.8 Å². The standard InChI is InChI=1S/C24H20F3N3O2/c25-16-2-4-22(20(27)10-16)30-13-15(9-23(30)31)24(32)29-7-5-14(6-8-29)19-12-28-21-11-17(26)1-3-18(19)21/h1-5,10-12,15,28H,6-9,13H2. The van der Waals surface area contributed by atoms with Gasteiger partial charge in [-0.15, -0.1) is 0 Å². The van der Waals surface area contributed by atoms with E-state index in [1.807, 2.05) is 12.3 Å². The average Bonchev–Trinajstić information content (AvgIpc) is 3.36. The molecule has 32 heavy (non-hydrogen) atoms. The second-order valence-corrected chi connectivity index (χ2v) is 8.16. The van der Waals surface area contributed by atoms with Gasteiger partial charge in [0, 0.05) is 54.8 Å². The van der Waals surface area contributed by atoms with Gasteiger partial charge in [0.2, 0.25) is 11.8 Å². The Morgan fingerprint density at radius 3 is 2.59 bits per heavy atom. The molecule has 3 heterocycles. The summed E-state index contributed by atoms with van der Waals surface area (Å²) in [6, 6.07) is 7.65. The molecular formula is C24H20F3N3O2. The quantitative estimate of drug-likeness (QED) is 0.663. The number of aromatic amines is 1. The van der Waals surface area contributed by atoms with Gasteiger partial charge in [0.25, 0.3) is 0 Å². The number of hydrogen-bond acceptors (Lipinski definition) is 2. The number of nitrogens with one attached hydrogen (secondary N) is 1. The zero-order chi connectivity index (χ0) is 22.4. The van der Waals surface area contributed by atoms with E-state index < -0.39 is 17.6 Å². The maximum absolute atomic E-state index is 14.1. The van der Waals surface area contributed by atoms with Crippen molar-refractivity contribution in [3.63, 3.8) is 0 Å². The monoisotopic (exact) mass is 439 g/mol. The Labute approximate surface area is 182 Å². The lowest BCUT2D eigenvalue weighted by Crippen LogP contribution is -2.40. The minimum atomic E-state index is -0.824. The maximum Gasteiger partial charge on any atom is 0.228 e. The van der Waals surface area contributed by atoms with Crippen molar-refractivity contribution in [1.29, 1.82) is 0 Å². The summed E-state index contributed by atoms with van der Waals surface area (Å²) in [4.78, 5) is 31.4. The number of hydrogen-bond donors (Lipinski definition) is 1. The molecule has 2 aliphatic rings. The number of rotatable bonds is 3. The summed E-state index contributed by atoms with van der Waals surface area (Å²) in [5.74, 6) is -2.93. The average molecular weight is 439 g/mol. The van der Waals surface area contributed by atoms with Gasteiger partial charge >= 0.3 is 0 Å². The van der Waals surface area contributed by atoms with Crippen molar-refractivity contribution in [2.24, 2.45) is 5.92 Å². The van der Waals surface area contributed by atoms with E-state index in [9.17, 15) is 22.8 Å². The lowest BCUT2D eigenvalue weighted by molar-refractivity contribution is -0.135. The Morgan fingerprint density at radius 2 is 1.84 bits per heavy atom. The third-order valence-corrected chi connectivity index (χ3v) is 6.19. The number of fused-ring (bicyclic) bond motifs is 1. The normalized spacial score (nSPS) is 19.0. The van der Waals surface area contributed by atoms with Gasteiger partial charge < -0.3 is 14.8 Å². The largest absolute Gasteiger partial charge is 0.360 e. The molecule has 2 aromatic carbocycles. The van der Waals surface area contributed by atoms with Crippen LogP contribution in [0.2, 0.25) is 0 Å². The number of halogens is 3. The highest BCUT2D eigenvalue weighted by Gasteiger charge is 2.38. The van der Waals surface area contributed by atoms with E-state index in [0.717, 1.165) is 34.2 Å². The Hall–Kier alpha value is -3.55. The number of anilines is 1. The Balaban J connectivity index is 1.29. The second kappa shape index (κ2) is 7.85. The van der Waals surface area contributed by atoms with Gasteiger partial charge in [-0.2, -0.15) is 0 Å². The summed E-state index contributed by atoms with van der Waals surface area (Å²) in [5, 5.41) is 0.927. The zero-order valence-electron chi connectivity index (χ0n) is 17.1. The highest BCUT2D eigenvalue weighted by molar-refractivity contribution is 6.00. The highest BCUT2D eigenvalue weighted by atomic mass is 19.1. The van der Waals surface area contributed by atoms with E-state index in [-0.39, 0.29) is 36.3 Å². The van der Waals surface area contributed by atoms with Crippen molar-refractivity contribution in [3.05, 3.63) is 71.7 Å². The van der Waals surface area contributed by atoms with Crippen LogP contribution in [0.1, 0.15) is 18.4 Å². The molecule has 1 N–H and O–H groups in total. The minimum absolute atomic E-state index is 0.00324. The van der Waals surface area contributed by atoms with Crippen molar-refractivity contribution in [2.45, 2.75) is 12.8 Å². The molecule has 0 radical (unpaired) electrons. The van der Waals surface area contributed by atoms with Gasteiger partial charge in [-0.1, -0.05) is 6.08 Å². The van der Waals surface area contributed by atoms with Crippen LogP contribution >= 0.6 is 0 Å². The number of benzene rings is 2. The van der Waals surface area contributed by atoms with Crippen LogP contribution in [-0.2, 0) is 9.59 Å². The molecule has 1 unspecified atom stereocenters. The van der Waals surface area contributed by atoms with E-state index in [0.29, 0.717) is 19.5 Å². The first-order valence-electron chi connectivity index (χ1n) is 10.4. The number of carbonyl (C=O) groups excluding carboxylic acids is 2. The van der Waals surface area contributed by atoms with Crippen LogP contribution in [0.15, 0.2) is 48.7 Å². The van der Waals surface area contributed by atoms with Crippen LogP contribution in [0, 0.1) is 23.4 Å². The van der Waals surface area contributed by atoms with Crippen LogP contribution < -0.4 is 4.90 Å². The van der Waals surface area contributed by atoms with Gasteiger partial charge in [-0.3, -0.25) is 9.59 Å². The van der Waals surface area contributed by atoms with Gasteiger partial charge in [0.05, 0.1) is 11.6 Å². The molecule has 0 bridgehead atoms. The van der Waals surface area contributed by atoms with Gasteiger partial charge in [0.15, 0.2) is 0 Å². The topological polar surface area (TPSA) is 56.4 Å². The molecule has 5 rings (SSSR count). The fourth-order valence-corrected chi connectivity index (χ4v) is 4.54. The Morgan fingerprint density at radius 1 is 1.06 bits per heavy atom. The van der Waals surface area contributed by atoms with E-state index in [2.05, 4.69) is 4.98 Å². The van der Waals surface area contributed by atoms with Crippen LogP contribution in [-0.4, -0.2) is 41.3 Å². The van der Waals surface area contributed by atoms with Gasteiger partial charge in [0.1, 0.15) is 17.5 Å². The first-order valence-corrected chi connectivity index (χ1v) is 10.4. The molecule has 0 spiro atoms. The Kier molecular flexibility index (Phi) is 5.00. The van der Waals surface area contributed by atoms with Crippen LogP contribution in [0.25, 0.3) is 16.5 Å². The first-order chi connectivity index (χ1) is 15.4. The molecular weight excluding hydrogens is 419 g/mol. The van der Waals surface area contributed by atoms with E-state index in [1.165, 1.54) is 23.1 Å². The summed E-state index contributed by atoms with van der Waals surface area (Å²) >= 11 is 0. The van der Waals surface area contributed by atoms with E-state index >= 15 is 0 Å². The summed E-state index contributed by atoms with van der Waals surface area (Å²) in [6.07, 6.45) is 4.45. The lowest BCUT2D eigenvalue weighted by atomic mass is 9.97. The van der Waals surface area contributed by atoms with Gasteiger partial charge in [-0.05, 0) is 42.3 Å². The van der Waals surface area contributed by atoms with Crippen LogP contribution in [0.4, 0.5) is 18.9 Å². The molecule has 3 aromatic rings. The summed E-state index contributed by atoms with van der Waals surface area (Å²) in [7, 11) is 0. The van der Waals surface area contributed by atoms with Crippen molar-refractivity contribution >= 4 is 34.0 Å². The Bertz CT molecular complexity index is 1270. The molecule has 0 aliphatic carbocycles. The summed E-state index contributed by atoms with van der Waals surface area (Å²) < 4.78 is 40.7. The summed E-state index contributed by atoms with van der Waals surface area (Å²) in [6.45, 7) is 0.965. The molecule has 1 aromatic heterocycles. The summed E-state index contributed by atoms with van der Waals surface area (Å²) in [5.41, 5.74) is 2.77. The third-order valence-electron chi connectivity index (χ3n) is 6.19. The number of carbonyl (C=O) groups is 2. The number of amides is 2. The molecule has 1 saturated heterocycles. The fraction of sp³-hybridized carbons (Fsp3) is 0.250.